The number of hydrogen-bond donors (Lipinski definition) is 0. The lowest BCUT2D eigenvalue weighted by Gasteiger charge is -2.18. The molecule has 2 aromatic rings. The van der Waals surface area contributed by atoms with Crippen LogP contribution in [0, 0.1) is 11.3 Å². The molecule has 2 aromatic carbocycles. The summed E-state index contributed by atoms with van der Waals surface area (Å²) >= 11 is 0. The predicted molar refractivity (Wildman–Crippen MR) is 105 cm³/mol. The Balaban J connectivity index is 1.64. The van der Waals surface area contributed by atoms with Gasteiger partial charge < -0.3 is 4.74 Å². The Morgan fingerprint density at radius 1 is 0.958 bits per heavy atom. The molecule has 1 aliphatic rings. The Hall–Kier alpha value is -1.64. The molecule has 0 bridgehead atoms. The van der Waals surface area contributed by atoms with E-state index < -0.39 is 8.07 Å². The molecule has 3 rings (SSSR count). The van der Waals surface area contributed by atoms with Gasteiger partial charge in [-0.1, -0.05) is 104 Å². The van der Waals surface area contributed by atoms with Gasteiger partial charge in [0.2, 0.25) is 0 Å². The quantitative estimate of drug-likeness (QED) is 0.679. The smallest absolute Gasteiger partial charge is 0.104 e. The highest BCUT2D eigenvalue weighted by Crippen LogP contribution is 2.58. The Morgan fingerprint density at radius 2 is 1.54 bits per heavy atom. The molecule has 0 saturated heterocycles. The van der Waals surface area contributed by atoms with Gasteiger partial charge >= 0.3 is 0 Å². The van der Waals surface area contributed by atoms with E-state index in [1.807, 2.05) is 6.07 Å². The highest BCUT2D eigenvalue weighted by molar-refractivity contribution is 6.94. The molecule has 1 atom stereocenters. The third kappa shape index (κ3) is 3.71. The van der Waals surface area contributed by atoms with Crippen molar-refractivity contribution in [2.24, 2.45) is 11.3 Å². The van der Waals surface area contributed by atoms with Crippen molar-refractivity contribution < 1.29 is 4.74 Å². The molecule has 0 spiro atoms. The van der Waals surface area contributed by atoms with E-state index >= 15 is 0 Å². The van der Waals surface area contributed by atoms with Crippen molar-refractivity contribution in [3.63, 3.8) is 0 Å². The first kappa shape index (κ1) is 17.2. The highest BCUT2D eigenvalue weighted by atomic mass is 28.3. The van der Waals surface area contributed by atoms with Crippen LogP contribution in [0.15, 0.2) is 71.9 Å². The largest absolute Gasteiger partial charge is 0.376 e. The van der Waals surface area contributed by atoms with Gasteiger partial charge in [-0.05, 0) is 11.0 Å². The maximum Gasteiger partial charge on any atom is 0.104 e. The third-order valence-corrected chi connectivity index (χ3v) is 8.19. The van der Waals surface area contributed by atoms with Gasteiger partial charge in [-0.2, -0.15) is 0 Å². The Bertz CT molecular complexity index is 701. The summed E-state index contributed by atoms with van der Waals surface area (Å²) in [5.41, 5.74) is 5.73. The molecule has 1 unspecified atom stereocenters. The summed E-state index contributed by atoms with van der Waals surface area (Å²) < 4.78 is 6.00. The first-order chi connectivity index (χ1) is 11.4. The van der Waals surface area contributed by atoms with Gasteiger partial charge in [0.1, 0.15) is 8.07 Å². The molecular weight excluding hydrogens is 308 g/mol. The monoisotopic (exact) mass is 336 g/mol. The minimum atomic E-state index is -1.53. The van der Waals surface area contributed by atoms with E-state index in [0.717, 1.165) is 6.61 Å². The zero-order valence-corrected chi connectivity index (χ0v) is 16.3. The van der Waals surface area contributed by atoms with Gasteiger partial charge in [0.25, 0.3) is 0 Å². The van der Waals surface area contributed by atoms with Gasteiger partial charge in [0, 0.05) is 5.92 Å². The second-order valence-corrected chi connectivity index (χ2v) is 12.3. The van der Waals surface area contributed by atoms with Crippen molar-refractivity contribution in [2.45, 2.75) is 33.5 Å². The molecule has 0 heterocycles. The molecule has 0 aliphatic heterocycles. The summed E-state index contributed by atoms with van der Waals surface area (Å²) in [6.45, 7) is 11.1. The second-order valence-electron chi connectivity index (χ2n) is 7.96. The average Bonchev–Trinajstić information content (AvgIpc) is 3.08. The molecule has 1 saturated carbocycles. The molecule has 1 aliphatic carbocycles. The van der Waals surface area contributed by atoms with E-state index in [1.54, 1.807) is 5.57 Å². The molecule has 24 heavy (non-hydrogen) atoms. The van der Waals surface area contributed by atoms with Crippen molar-refractivity contribution in [1.29, 1.82) is 0 Å². The molecule has 0 aromatic heterocycles. The van der Waals surface area contributed by atoms with Crippen molar-refractivity contribution in [2.75, 3.05) is 6.61 Å². The fourth-order valence-corrected chi connectivity index (χ4v) is 6.04. The minimum Gasteiger partial charge on any atom is -0.376 e. The van der Waals surface area contributed by atoms with Gasteiger partial charge in [-0.3, -0.25) is 0 Å². The molecule has 126 valence electrons. The minimum absolute atomic E-state index is 0.287. The first-order valence-electron chi connectivity index (χ1n) is 8.82. The first-order valence-corrected chi connectivity index (χ1v) is 11.9. The molecule has 2 heteroatoms. The molecule has 1 fully saturated rings. The number of ether oxygens (including phenoxy) is 1. The zero-order chi connectivity index (χ0) is 17.2. The maximum atomic E-state index is 6.00. The van der Waals surface area contributed by atoms with Gasteiger partial charge in [0.15, 0.2) is 0 Å². The molecule has 0 radical (unpaired) electrons. The Labute approximate surface area is 147 Å². The summed E-state index contributed by atoms with van der Waals surface area (Å²) in [5.74, 6) is 0.566. The van der Waals surface area contributed by atoms with E-state index in [1.165, 1.54) is 10.8 Å². The number of hydrogen-bond acceptors (Lipinski definition) is 1. The van der Waals surface area contributed by atoms with Crippen LogP contribution >= 0.6 is 0 Å². The zero-order valence-electron chi connectivity index (χ0n) is 15.3. The molecule has 1 nitrogen and oxygen atoms in total. The van der Waals surface area contributed by atoms with Crippen LogP contribution in [0.5, 0.6) is 0 Å². The van der Waals surface area contributed by atoms with Crippen LogP contribution in [0.1, 0.15) is 19.4 Å². The fourth-order valence-electron chi connectivity index (χ4n) is 3.47. The van der Waals surface area contributed by atoms with Crippen molar-refractivity contribution in [3.8, 4) is 0 Å². The molecule has 0 N–H and O–H groups in total. The maximum absolute atomic E-state index is 6.00. The predicted octanol–water partition coefficient (Wildman–Crippen LogP) is 4.94. The van der Waals surface area contributed by atoms with Crippen LogP contribution in [0.25, 0.3) is 0 Å². The Morgan fingerprint density at radius 3 is 2.17 bits per heavy atom. The lowest BCUT2D eigenvalue weighted by atomic mass is 10.1. The van der Waals surface area contributed by atoms with Crippen LogP contribution in [-0.4, -0.2) is 14.7 Å². The molecular formula is C22H28OSi. The standard InChI is InChI=1S/C22H28OSi/c1-22(2)20(16-23-15-18-11-7-5-8-12-18)21(22)17-24(3,4)19-13-9-6-10-14-19/h5-14,17,20H,15-16H2,1-4H3/b21-17+. The van der Waals surface area contributed by atoms with E-state index in [2.05, 4.69) is 87.2 Å². The van der Waals surface area contributed by atoms with Crippen molar-refractivity contribution in [3.05, 3.63) is 77.5 Å². The lowest BCUT2D eigenvalue weighted by molar-refractivity contribution is 0.105. The van der Waals surface area contributed by atoms with E-state index in [0.29, 0.717) is 12.5 Å². The SMILES string of the molecule is CC1(C)/C(=C/[Si](C)(C)c2ccccc2)C1COCc1ccccc1. The van der Waals surface area contributed by atoms with Crippen molar-refractivity contribution in [1.82, 2.24) is 0 Å². The summed E-state index contributed by atoms with van der Waals surface area (Å²) in [6, 6.07) is 21.4. The van der Waals surface area contributed by atoms with Crippen LogP contribution in [0.3, 0.4) is 0 Å². The second kappa shape index (κ2) is 6.70. The van der Waals surface area contributed by atoms with Crippen LogP contribution < -0.4 is 5.19 Å². The number of benzene rings is 2. The van der Waals surface area contributed by atoms with E-state index in [-0.39, 0.29) is 5.41 Å². The molecule has 0 amide bonds. The third-order valence-electron chi connectivity index (χ3n) is 5.34. The summed E-state index contributed by atoms with van der Waals surface area (Å²) in [7, 11) is -1.53. The van der Waals surface area contributed by atoms with Gasteiger partial charge in [0.05, 0.1) is 13.2 Å². The van der Waals surface area contributed by atoms with Crippen molar-refractivity contribution >= 4 is 13.3 Å². The van der Waals surface area contributed by atoms with Gasteiger partial charge in [-0.15, -0.1) is 0 Å². The lowest BCUT2D eigenvalue weighted by Crippen LogP contribution is -2.39. The summed E-state index contributed by atoms with van der Waals surface area (Å²) in [5, 5.41) is 1.50. The van der Waals surface area contributed by atoms with Crippen LogP contribution in [0.2, 0.25) is 13.1 Å². The van der Waals surface area contributed by atoms with Crippen LogP contribution in [-0.2, 0) is 11.3 Å². The topological polar surface area (TPSA) is 9.23 Å². The van der Waals surface area contributed by atoms with E-state index in [9.17, 15) is 0 Å². The normalized spacial score (nSPS) is 21.0. The summed E-state index contributed by atoms with van der Waals surface area (Å²) in [6.07, 6.45) is 0. The van der Waals surface area contributed by atoms with E-state index in [4.69, 9.17) is 4.74 Å². The summed E-state index contributed by atoms with van der Waals surface area (Å²) in [4.78, 5) is 0. The highest BCUT2D eigenvalue weighted by Gasteiger charge is 2.52. The average molecular weight is 337 g/mol. The Kier molecular flexibility index (Phi) is 4.80. The van der Waals surface area contributed by atoms with Gasteiger partial charge in [-0.25, -0.2) is 0 Å². The number of rotatable bonds is 6. The van der Waals surface area contributed by atoms with Crippen LogP contribution in [0.4, 0.5) is 0 Å². The fraction of sp³-hybridized carbons (Fsp3) is 0.364.